The summed E-state index contributed by atoms with van der Waals surface area (Å²) in [7, 11) is 0. The van der Waals surface area contributed by atoms with Gasteiger partial charge in [0.05, 0.1) is 0 Å². The lowest BCUT2D eigenvalue weighted by molar-refractivity contribution is 0.980. The molecule has 0 atom stereocenters. The Hall–Kier alpha value is -0.340. The zero-order valence-electron chi connectivity index (χ0n) is 8.54. The minimum absolute atomic E-state index is 1.18. The van der Waals surface area contributed by atoms with Gasteiger partial charge >= 0.3 is 0 Å². The van der Waals surface area contributed by atoms with Crippen molar-refractivity contribution in [3.8, 4) is 0 Å². The van der Waals surface area contributed by atoms with E-state index in [4.69, 9.17) is 0 Å². The van der Waals surface area contributed by atoms with Crippen molar-refractivity contribution in [1.82, 2.24) is 0 Å². The van der Waals surface area contributed by atoms with Crippen LogP contribution >= 0.6 is 23.5 Å². The van der Waals surface area contributed by atoms with Crippen LogP contribution in [0.1, 0.15) is 26.7 Å². The third-order valence-electron chi connectivity index (χ3n) is 2.40. The summed E-state index contributed by atoms with van der Waals surface area (Å²) in [5.74, 6) is 0. The Labute approximate surface area is 94.2 Å². The van der Waals surface area contributed by atoms with E-state index in [1.165, 1.54) is 26.9 Å². The standard InChI is InChI=1S/C12H14S2/c1-3-9(4-2)12-13-10-7-5-6-8-11(10)14-12/h5-8H,3-4H2,1-2H3. The molecule has 74 valence electrons. The molecular formula is C12H14S2. The fourth-order valence-electron chi connectivity index (χ4n) is 1.52. The molecule has 14 heavy (non-hydrogen) atoms. The van der Waals surface area contributed by atoms with Gasteiger partial charge in [-0.05, 0) is 25.0 Å². The van der Waals surface area contributed by atoms with Crippen molar-refractivity contribution in [2.45, 2.75) is 36.5 Å². The van der Waals surface area contributed by atoms with Crippen LogP contribution in [0.25, 0.3) is 0 Å². The summed E-state index contributed by atoms with van der Waals surface area (Å²) < 4.78 is 1.51. The van der Waals surface area contributed by atoms with E-state index in [0.717, 1.165) is 0 Å². The first-order valence-electron chi connectivity index (χ1n) is 5.02. The minimum Gasteiger partial charge on any atom is -0.0816 e. The highest BCUT2D eigenvalue weighted by atomic mass is 32.2. The lowest BCUT2D eigenvalue weighted by Crippen LogP contribution is -1.79. The Morgan fingerprint density at radius 3 is 1.93 bits per heavy atom. The van der Waals surface area contributed by atoms with Crippen LogP contribution in [0.3, 0.4) is 0 Å². The van der Waals surface area contributed by atoms with Gasteiger partial charge in [0.1, 0.15) is 0 Å². The van der Waals surface area contributed by atoms with Gasteiger partial charge in [-0.3, -0.25) is 0 Å². The van der Waals surface area contributed by atoms with Crippen molar-refractivity contribution in [3.05, 3.63) is 34.1 Å². The van der Waals surface area contributed by atoms with Gasteiger partial charge in [-0.15, -0.1) is 0 Å². The zero-order valence-corrected chi connectivity index (χ0v) is 10.2. The van der Waals surface area contributed by atoms with Crippen LogP contribution in [0, 0.1) is 0 Å². The molecule has 0 aromatic heterocycles. The van der Waals surface area contributed by atoms with Crippen molar-refractivity contribution < 1.29 is 0 Å². The first-order valence-corrected chi connectivity index (χ1v) is 6.65. The molecule has 0 nitrogen and oxygen atoms in total. The van der Waals surface area contributed by atoms with E-state index in [2.05, 4.69) is 38.1 Å². The molecule has 2 heteroatoms. The lowest BCUT2D eigenvalue weighted by atomic mass is 10.2. The van der Waals surface area contributed by atoms with E-state index in [-0.39, 0.29) is 0 Å². The zero-order chi connectivity index (χ0) is 9.97. The summed E-state index contributed by atoms with van der Waals surface area (Å²) in [5, 5.41) is 0. The topological polar surface area (TPSA) is 0 Å². The molecule has 0 bridgehead atoms. The molecule has 1 heterocycles. The predicted octanol–water partition coefficient (Wildman–Crippen LogP) is 4.92. The van der Waals surface area contributed by atoms with Crippen molar-refractivity contribution in [3.63, 3.8) is 0 Å². The quantitative estimate of drug-likeness (QED) is 0.697. The third kappa shape index (κ3) is 1.86. The predicted molar refractivity (Wildman–Crippen MR) is 65.8 cm³/mol. The fourth-order valence-corrected chi connectivity index (χ4v) is 4.37. The first kappa shape index (κ1) is 10.2. The second-order valence-electron chi connectivity index (χ2n) is 3.25. The van der Waals surface area contributed by atoms with Gasteiger partial charge in [0.2, 0.25) is 0 Å². The van der Waals surface area contributed by atoms with Gasteiger partial charge in [0.15, 0.2) is 0 Å². The van der Waals surface area contributed by atoms with E-state index >= 15 is 0 Å². The number of hydrogen-bond donors (Lipinski definition) is 0. The van der Waals surface area contributed by atoms with Crippen LogP contribution in [0.2, 0.25) is 0 Å². The van der Waals surface area contributed by atoms with Crippen molar-refractivity contribution >= 4 is 23.5 Å². The van der Waals surface area contributed by atoms with Gasteiger partial charge in [0, 0.05) is 14.0 Å². The molecule has 0 spiro atoms. The van der Waals surface area contributed by atoms with Gasteiger partial charge in [-0.25, -0.2) is 0 Å². The van der Waals surface area contributed by atoms with E-state index in [0.29, 0.717) is 0 Å². The molecule has 0 saturated heterocycles. The van der Waals surface area contributed by atoms with Crippen LogP contribution in [0.15, 0.2) is 43.9 Å². The highest BCUT2D eigenvalue weighted by Crippen LogP contribution is 2.52. The number of thioether (sulfide) groups is 2. The summed E-state index contributed by atoms with van der Waals surface area (Å²) in [4.78, 5) is 2.85. The Kier molecular flexibility index (Phi) is 3.24. The summed E-state index contributed by atoms with van der Waals surface area (Å²) in [5.41, 5.74) is 1.59. The van der Waals surface area contributed by atoms with Crippen LogP contribution < -0.4 is 0 Å². The van der Waals surface area contributed by atoms with Crippen LogP contribution in [0.5, 0.6) is 0 Å². The Morgan fingerprint density at radius 1 is 1.00 bits per heavy atom. The van der Waals surface area contributed by atoms with Crippen LogP contribution in [0.4, 0.5) is 0 Å². The molecule has 1 aliphatic heterocycles. The number of hydrogen-bond acceptors (Lipinski definition) is 2. The molecule has 2 rings (SSSR count). The van der Waals surface area contributed by atoms with E-state index in [9.17, 15) is 0 Å². The van der Waals surface area contributed by atoms with Gasteiger partial charge < -0.3 is 0 Å². The van der Waals surface area contributed by atoms with E-state index in [1.807, 2.05) is 23.5 Å². The summed E-state index contributed by atoms with van der Waals surface area (Å²) in [6.07, 6.45) is 2.36. The smallest absolute Gasteiger partial charge is 0.0491 e. The van der Waals surface area contributed by atoms with Gasteiger partial charge in [0.25, 0.3) is 0 Å². The average Bonchev–Trinajstić information content (AvgIpc) is 2.63. The highest BCUT2D eigenvalue weighted by Gasteiger charge is 2.18. The molecule has 0 saturated carbocycles. The molecule has 1 aromatic carbocycles. The SMILES string of the molecule is CCC(CC)=C1Sc2ccccc2S1. The molecule has 0 aliphatic carbocycles. The first-order chi connectivity index (χ1) is 6.85. The minimum atomic E-state index is 1.18. The molecule has 1 aliphatic rings. The number of fused-ring (bicyclic) bond motifs is 1. The Balaban J connectivity index is 2.30. The molecule has 0 fully saturated rings. The molecular weight excluding hydrogens is 208 g/mol. The third-order valence-corrected chi connectivity index (χ3v) is 5.13. The molecule has 0 N–H and O–H groups in total. The largest absolute Gasteiger partial charge is 0.0816 e. The second kappa shape index (κ2) is 4.45. The summed E-state index contributed by atoms with van der Waals surface area (Å²) in [6.45, 7) is 4.49. The number of benzene rings is 1. The Morgan fingerprint density at radius 2 is 1.50 bits per heavy atom. The average molecular weight is 222 g/mol. The fraction of sp³-hybridized carbons (Fsp3) is 0.333. The maximum atomic E-state index is 2.25. The lowest BCUT2D eigenvalue weighted by Gasteiger charge is -2.03. The summed E-state index contributed by atoms with van der Waals surface area (Å²) >= 11 is 3.87. The van der Waals surface area contributed by atoms with E-state index < -0.39 is 0 Å². The molecule has 0 amide bonds. The molecule has 0 unspecified atom stereocenters. The number of rotatable bonds is 2. The maximum Gasteiger partial charge on any atom is 0.0491 e. The normalized spacial score (nSPS) is 14.3. The monoisotopic (exact) mass is 222 g/mol. The van der Waals surface area contributed by atoms with Crippen LogP contribution in [-0.2, 0) is 0 Å². The van der Waals surface area contributed by atoms with Crippen molar-refractivity contribution in [1.29, 1.82) is 0 Å². The second-order valence-corrected chi connectivity index (χ2v) is 5.61. The Bertz CT molecular complexity index is 333. The van der Waals surface area contributed by atoms with Crippen molar-refractivity contribution in [2.24, 2.45) is 0 Å². The van der Waals surface area contributed by atoms with Crippen LogP contribution in [-0.4, -0.2) is 0 Å². The molecule has 1 aromatic rings. The van der Waals surface area contributed by atoms with Gasteiger partial charge in [-0.2, -0.15) is 0 Å². The molecule has 0 radical (unpaired) electrons. The van der Waals surface area contributed by atoms with Crippen molar-refractivity contribution in [2.75, 3.05) is 0 Å². The maximum absolute atomic E-state index is 2.25. The number of allylic oxidation sites excluding steroid dienone is 1. The highest BCUT2D eigenvalue weighted by molar-refractivity contribution is 8.24. The summed E-state index contributed by atoms with van der Waals surface area (Å²) in [6, 6.07) is 8.66. The van der Waals surface area contributed by atoms with Gasteiger partial charge in [-0.1, -0.05) is 55.1 Å². The van der Waals surface area contributed by atoms with E-state index in [1.54, 1.807) is 5.57 Å².